The molecule has 0 saturated heterocycles. The first-order valence-electron chi connectivity index (χ1n) is 6.40. The molecule has 0 saturated carbocycles. The molecule has 1 aliphatic heterocycles. The summed E-state index contributed by atoms with van der Waals surface area (Å²) >= 11 is 1.81. The molecule has 1 aromatic carbocycles. The van der Waals surface area contributed by atoms with Crippen molar-refractivity contribution in [2.45, 2.75) is 25.1 Å². The summed E-state index contributed by atoms with van der Waals surface area (Å²) in [7, 11) is 0. The molecule has 1 aliphatic rings. The van der Waals surface area contributed by atoms with Crippen LogP contribution in [0.3, 0.4) is 0 Å². The molecule has 2 rings (SSSR count). The summed E-state index contributed by atoms with van der Waals surface area (Å²) in [4.78, 5) is 4.55. The van der Waals surface area contributed by atoms with Gasteiger partial charge < -0.3 is 10.1 Å². The minimum absolute atomic E-state index is 0.311. The van der Waals surface area contributed by atoms with Gasteiger partial charge in [0.1, 0.15) is 0 Å². The zero-order chi connectivity index (χ0) is 12.8. The number of nitrogens with zero attached hydrogens (tertiary/aromatic N) is 1. The maximum Gasteiger partial charge on any atom is 0.157 e. The van der Waals surface area contributed by atoms with Crippen molar-refractivity contribution in [3.63, 3.8) is 0 Å². The second-order valence-electron chi connectivity index (χ2n) is 4.37. The van der Waals surface area contributed by atoms with Crippen molar-refractivity contribution in [2.24, 2.45) is 4.99 Å². The molecule has 0 aromatic heterocycles. The van der Waals surface area contributed by atoms with Crippen molar-refractivity contribution >= 4 is 16.9 Å². The summed E-state index contributed by atoms with van der Waals surface area (Å²) in [5, 5.41) is 4.89. The predicted octanol–water partition coefficient (Wildman–Crippen LogP) is 2.85. The van der Waals surface area contributed by atoms with Crippen LogP contribution in [0.25, 0.3) is 0 Å². The Morgan fingerprint density at radius 2 is 2.22 bits per heavy atom. The highest BCUT2D eigenvalue weighted by Gasteiger charge is 2.21. The van der Waals surface area contributed by atoms with E-state index < -0.39 is 0 Å². The Kier molecular flexibility index (Phi) is 5.08. The van der Waals surface area contributed by atoms with E-state index in [1.807, 2.05) is 24.8 Å². The summed E-state index contributed by atoms with van der Waals surface area (Å²) < 4.78 is 5.39. The molecule has 1 heterocycles. The van der Waals surface area contributed by atoms with Crippen LogP contribution in [0.1, 0.15) is 24.7 Å². The Labute approximate surface area is 113 Å². The van der Waals surface area contributed by atoms with Gasteiger partial charge in [-0.25, -0.2) is 0 Å². The summed E-state index contributed by atoms with van der Waals surface area (Å²) in [6.45, 7) is 6.48. The number of benzene rings is 1. The van der Waals surface area contributed by atoms with Gasteiger partial charge >= 0.3 is 0 Å². The number of nitrogens with one attached hydrogen (secondary N) is 1. The number of hydrogen-bond acceptors (Lipinski definition) is 4. The van der Waals surface area contributed by atoms with Crippen LogP contribution in [-0.4, -0.2) is 31.0 Å². The average molecular weight is 264 g/mol. The molecular weight excluding hydrogens is 244 g/mol. The molecule has 98 valence electrons. The van der Waals surface area contributed by atoms with Gasteiger partial charge in [-0.2, -0.15) is 0 Å². The van der Waals surface area contributed by atoms with Crippen LogP contribution in [0.4, 0.5) is 0 Å². The fraction of sp³-hybridized carbons (Fsp3) is 0.500. The maximum absolute atomic E-state index is 5.39. The molecule has 0 bridgehead atoms. The Morgan fingerprint density at radius 1 is 1.44 bits per heavy atom. The highest BCUT2D eigenvalue weighted by molar-refractivity contribution is 8.14. The molecule has 0 aliphatic carbocycles. The Bertz CT molecular complexity index is 394. The van der Waals surface area contributed by atoms with Crippen LogP contribution in [0.5, 0.6) is 0 Å². The zero-order valence-corrected chi connectivity index (χ0v) is 11.7. The van der Waals surface area contributed by atoms with Gasteiger partial charge in [0, 0.05) is 12.6 Å². The normalized spacial score (nSPS) is 20.6. The third kappa shape index (κ3) is 3.75. The molecule has 18 heavy (non-hydrogen) atoms. The molecule has 2 atom stereocenters. The molecular formula is C14H20N2OS. The SMILES string of the molecule is CCOCC(C)NC1=NCC(c2ccccc2)S1. The quantitative estimate of drug-likeness (QED) is 0.888. The van der Waals surface area contributed by atoms with Crippen LogP contribution in [0.2, 0.25) is 0 Å². The van der Waals surface area contributed by atoms with Crippen LogP contribution in [0, 0.1) is 0 Å². The zero-order valence-electron chi connectivity index (χ0n) is 10.9. The second kappa shape index (κ2) is 6.81. The number of rotatable bonds is 5. The first kappa shape index (κ1) is 13.4. The summed E-state index contributed by atoms with van der Waals surface area (Å²) in [5.41, 5.74) is 1.35. The molecule has 2 unspecified atom stereocenters. The summed E-state index contributed by atoms with van der Waals surface area (Å²) in [6, 6.07) is 10.9. The van der Waals surface area contributed by atoms with Crippen molar-refractivity contribution < 1.29 is 4.74 Å². The molecule has 3 nitrogen and oxygen atoms in total. The smallest absolute Gasteiger partial charge is 0.157 e. The van der Waals surface area contributed by atoms with Gasteiger partial charge in [-0.05, 0) is 19.4 Å². The Balaban J connectivity index is 1.81. The van der Waals surface area contributed by atoms with Gasteiger partial charge in [0.15, 0.2) is 5.17 Å². The van der Waals surface area contributed by atoms with Gasteiger partial charge in [0.25, 0.3) is 0 Å². The van der Waals surface area contributed by atoms with Gasteiger partial charge in [-0.15, -0.1) is 0 Å². The lowest BCUT2D eigenvalue weighted by molar-refractivity contribution is 0.133. The molecule has 0 fully saturated rings. The van der Waals surface area contributed by atoms with Crippen LogP contribution in [-0.2, 0) is 4.74 Å². The van der Waals surface area contributed by atoms with E-state index in [0.717, 1.165) is 24.9 Å². The van der Waals surface area contributed by atoms with Crippen molar-refractivity contribution in [2.75, 3.05) is 19.8 Å². The fourth-order valence-electron chi connectivity index (χ4n) is 1.84. The second-order valence-corrected chi connectivity index (χ2v) is 5.56. The first-order valence-corrected chi connectivity index (χ1v) is 7.28. The molecule has 1 aromatic rings. The minimum Gasteiger partial charge on any atom is -0.380 e. The fourth-order valence-corrected chi connectivity index (χ4v) is 2.97. The van der Waals surface area contributed by atoms with Crippen LogP contribution in [0.15, 0.2) is 35.3 Å². The minimum atomic E-state index is 0.311. The molecule has 0 amide bonds. The maximum atomic E-state index is 5.39. The van der Waals surface area contributed by atoms with Crippen molar-refractivity contribution in [1.29, 1.82) is 0 Å². The van der Waals surface area contributed by atoms with Gasteiger partial charge in [-0.3, -0.25) is 4.99 Å². The van der Waals surface area contributed by atoms with Gasteiger partial charge in [-0.1, -0.05) is 42.1 Å². The van der Waals surface area contributed by atoms with E-state index in [1.165, 1.54) is 5.56 Å². The topological polar surface area (TPSA) is 33.6 Å². The lowest BCUT2D eigenvalue weighted by Gasteiger charge is -2.15. The van der Waals surface area contributed by atoms with Gasteiger partial charge in [0.05, 0.1) is 18.4 Å². The Hall–Kier alpha value is -1.00. The molecule has 0 spiro atoms. The van der Waals surface area contributed by atoms with E-state index >= 15 is 0 Å². The molecule has 0 radical (unpaired) electrons. The van der Waals surface area contributed by atoms with E-state index in [0.29, 0.717) is 11.3 Å². The predicted molar refractivity (Wildman–Crippen MR) is 78.2 cm³/mol. The number of hydrogen-bond donors (Lipinski definition) is 1. The lowest BCUT2D eigenvalue weighted by Crippen LogP contribution is -2.33. The van der Waals surface area contributed by atoms with Crippen molar-refractivity contribution in [3.05, 3.63) is 35.9 Å². The molecule has 4 heteroatoms. The Morgan fingerprint density at radius 3 is 2.94 bits per heavy atom. The highest BCUT2D eigenvalue weighted by atomic mass is 32.2. The molecule has 1 N–H and O–H groups in total. The first-order chi connectivity index (χ1) is 8.79. The van der Waals surface area contributed by atoms with Gasteiger partial charge in [0.2, 0.25) is 0 Å². The standard InChI is InChI=1S/C14H20N2OS/c1-3-17-10-11(2)16-14-15-9-13(18-14)12-7-5-4-6-8-12/h4-8,11,13H,3,9-10H2,1-2H3,(H,15,16). The number of ether oxygens (including phenoxy) is 1. The largest absolute Gasteiger partial charge is 0.380 e. The monoisotopic (exact) mass is 264 g/mol. The summed E-state index contributed by atoms with van der Waals surface area (Å²) in [5.74, 6) is 0. The van der Waals surface area contributed by atoms with E-state index in [4.69, 9.17) is 4.74 Å². The van der Waals surface area contributed by atoms with E-state index in [1.54, 1.807) is 0 Å². The third-order valence-electron chi connectivity index (χ3n) is 2.77. The number of amidine groups is 1. The van der Waals surface area contributed by atoms with Crippen molar-refractivity contribution in [1.82, 2.24) is 5.32 Å². The number of thioether (sulfide) groups is 1. The lowest BCUT2D eigenvalue weighted by atomic mass is 10.1. The van der Waals surface area contributed by atoms with E-state index in [-0.39, 0.29) is 0 Å². The van der Waals surface area contributed by atoms with Crippen LogP contribution >= 0.6 is 11.8 Å². The third-order valence-corrected chi connectivity index (χ3v) is 3.94. The van der Waals surface area contributed by atoms with Crippen molar-refractivity contribution in [3.8, 4) is 0 Å². The van der Waals surface area contributed by atoms with Crippen LogP contribution < -0.4 is 5.32 Å². The highest BCUT2D eigenvalue weighted by Crippen LogP contribution is 2.34. The van der Waals surface area contributed by atoms with E-state index in [2.05, 4.69) is 41.5 Å². The summed E-state index contributed by atoms with van der Waals surface area (Å²) in [6.07, 6.45) is 0. The van der Waals surface area contributed by atoms with E-state index in [9.17, 15) is 0 Å². The number of aliphatic imine (C=N–C) groups is 1. The average Bonchev–Trinajstić information content (AvgIpc) is 2.86.